The van der Waals surface area contributed by atoms with Gasteiger partial charge in [0.25, 0.3) is 5.91 Å². The Hall–Kier alpha value is -1.91. The second-order valence-corrected chi connectivity index (χ2v) is 4.64. The number of nitrogens with two attached hydrogens (primary N) is 1. The van der Waals surface area contributed by atoms with Crippen LogP contribution < -0.4 is 15.2 Å². The number of nitrogen functional groups attached to an aromatic ring is 1. The third-order valence-corrected chi connectivity index (χ3v) is 3.53. The minimum absolute atomic E-state index is 0.100. The van der Waals surface area contributed by atoms with Gasteiger partial charge in [-0.1, -0.05) is 6.92 Å². The van der Waals surface area contributed by atoms with Gasteiger partial charge in [-0.3, -0.25) is 4.79 Å². The number of methoxy groups -OCH3 is 2. The summed E-state index contributed by atoms with van der Waals surface area (Å²) in [6.45, 7) is 6.66. The summed E-state index contributed by atoms with van der Waals surface area (Å²) in [5, 5.41) is 0. The number of rotatable bonds is 6. The highest BCUT2D eigenvalue weighted by molar-refractivity contribution is 6.01. The van der Waals surface area contributed by atoms with Gasteiger partial charge in [0.05, 0.1) is 25.5 Å². The van der Waals surface area contributed by atoms with Gasteiger partial charge in [-0.25, -0.2) is 0 Å². The number of anilines is 1. The van der Waals surface area contributed by atoms with E-state index in [0.717, 1.165) is 6.42 Å². The van der Waals surface area contributed by atoms with Crippen molar-refractivity contribution < 1.29 is 14.3 Å². The van der Waals surface area contributed by atoms with Gasteiger partial charge < -0.3 is 20.1 Å². The molecule has 0 saturated heterocycles. The Morgan fingerprint density at radius 3 is 2.40 bits per heavy atom. The first-order valence-corrected chi connectivity index (χ1v) is 6.82. The van der Waals surface area contributed by atoms with Gasteiger partial charge >= 0.3 is 0 Å². The SMILES string of the molecule is CCC(C)N(CC)C(=O)c1cc(OC)cc(OC)c1N. The van der Waals surface area contributed by atoms with Crippen LogP contribution in [0.25, 0.3) is 0 Å². The number of nitrogens with zero attached hydrogens (tertiary/aromatic N) is 1. The van der Waals surface area contributed by atoms with E-state index in [1.807, 2.05) is 13.8 Å². The largest absolute Gasteiger partial charge is 0.497 e. The van der Waals surface area contributed by atoms with Crippen LogP contribution in [0.5, 0.6) is 11.5 Å². The molecule has 1 atom stereocenters. The molecule has 0 bridgehead atoms. The molecular formula is C15H24N2O3. The van der Waals surface area contributed by atoms with Crippen molar-refractivity contribution >= 4 is 11.6 Å². The Morgan fingerprint density at radius 1 is 1.30 bits per heavy atom. The van der Waals surface area contributed by atoms with Crippen LogP contribution in [-0.4, -0.2) is 37.6 Å². The predicted molar refractivity (Wildman–Crippen MR) is 80.4 cm³/mol. The lowest BCUT2D eigenvalue weighted by atomic mass is 10.1. The molecule has 0 aromatic heterocycles. The van der Waals surface area contributed by atoms with Gasteiger partial charge in [-0.15, -0.1) is 0 Å². The maximum absolute atomic E-state index is 12.7. The van der Waals surface area contributed by atoms with Crippen LogP contribution in [-0.2, 0) is 0 Å². The summed E-state index contributed by atoms with van der Waals surface area (Å²) < 4.78 is 10.4. The molecule has 0 heterocycles. The Morgan fingerprint density at radius 2 is 1.95 bits per heavy atom. The molecule has 5 nitrogen and oxygen atoms in total. The van der Waals surface area contributed by atoms with Crippen molar-refractivity contribution in [3.05, 3.63) is 17.7 Å². The van der Waals surface area contributed by atoms with Crippen LogP contribution in [0.15, 0.2) is 12.1 Å². The summed E-state index contributed by atoms with van der Waals surface area (Å²) in [7, 11) is 3.07. The molecule has 1 aromatic rings. The highest BCUT2D eigenvalue weighted by atomic mass is 16.5. The van der Waals surface area contributed by atoms with E-state index in [0.29, 0.717) is 29.3 Å². The van der Waals surface area contributed by atoms with E-state index in [9.17, 15) is 4.79 Å². The summed E-state index contributed by atoms with van der Waals surface area (Å²) in [6.07, 6.45) is 0.889. The molecule has 1 unspecified atom stereocenters. The quantitative estimate of drug-likeness (QED) is 0.813. The Labute approximate surface area is 120 Å². The van der Waals surface area contributed by atoms with E-state index in [2.05, 4.69) is 6.92 Å². The van der Waals surface area contributed by atoms with Crippen molar-refractivity contribution in [2.75, 3.05) is 26.5 Å². The molecule has 0 aliphatic rings. The second kappa shape index (κ2) is 7.03. The fraction of sp³-hybridized carbons (Fsp3) is 0.533. The predicted octanol–water partition coefficient (Wildman–Crippen LogP) is 2.55. The fourth-order valence-electron chi connectivity index (χ4n) is 2.10. The van der Waals surface area contributed by atoms with Crippen molar-refractivity contribution in [2.24, 2.45) is 0 Å². The molecule has 112 valence electrons. The topological polar surface area (TPSA) is 64.8 Å². The van der Waals surface area contributed by atoms with Crippen LogP contribution in [0.1, 0.15) is 37.6 Å². The van der Waals surface area contributed by atoms with Crippen LogP contribution in [0.3, 0.4) is 0 Å². The molecule has 2 N–H and O–H groups in total. The zero-order valence-corrected chi connectivity index (χ0v) is 12.9. The Kier molecular flexibility index (Phi) is 5.67. The summed E-state index contributed by atoms with van der Waals surface area (Å²) in [4.78, 5) is 14.5. The molecule has 0 aliphatic carbocycles. The van der Waals surface area contributed by atoms with Gasteiger partial charge in [0.15, 0.2) is 0 Å². The van der Waals surface area contributed by atoms with E-state index in [-0.39, 0.29) is 11.9 Å². The lowest BCUT2D eigenvalue weighted by Gasteiger charge is -2.28. The minimum Gasteiger partial charge on any atom is -0.497 e. The Balaban J connectivity index is 3.26. The van der Waals surface area contributed by atoms with E-state index in [1.165, 1.54) is 7.11 Å². The average molecular weight is 280 g/mol. The van der Waals surface area contributed by atoms with Crippen molar-refractivity contribution in [1.82, 2.24) is 4.90 Å². The van der Waals surface area contributed by atoms with Crippen molar-refractivity contribution in [3.8, 4) is 11.5 Å². The molecule has 1 amide bonds. The number of carbonyl (C=O) groups excluding carboxylic acids is 1. The molecule has 0 radical (unpaired) electrons. The molecule has 20 heavy (non-hydrogen) atoms. The summed E-state index contributed by atoms with van der Waals surface area (Å²) in [6, 6.07) is 3.49. The monoisotopic (exact) mass is 280 g/mol. The first-order chi connectivity index (χ1) is 9.49. The van der Waals surface area contributed by atoms with Crippen LogP contribution in [0.2, 0.25) is 0 Å². The Bertz CT molecular complexity index is 474. The van der Waals surface area contributed by atoms with Crippen molar-refractivity contribution in [3.63, 3.8) is 0 Å². The first kappa shape index (κ1) is 16.1. The number of amides is 1. The highest BCUT2D eigenvalue weighted by Gasteiger charge is 2.23. The van der Waals surface area contributed by atoms with Gasteiger partial charge in [-0.05, 0) is 26.3 Å². The number of hydrogen-bond donors (Lipinski definition) is 1. The van der Waals surface area contributed by atoms with Crippen LogP contribution in [0, 0.1) is 0 Å². The summed E-state index contributed by atoms with van der Waals surface area (Å²) >= 11 is 0. The maximum Gasteiger partial charge on any atom is 0.256 e. The fourth-order valence-corrected chi connectivity index (χ4v) is 2.10. The molecule has 0 aliphatic heterocycles. The van der Waals surface area contributed by atoms with Gasteiger partial charge in [0, 0.05) is 18.7 Å². The van der Waals surface area contributed by atoms with Crippen LogP contribution in [0.4, 0.5) is 5.69 Å². The van der Waals surface area contributed by atoms with E-state index in [4.69, 9.17) is 15.2 Å². The molecule has 0 spiro atoms. The van der Waals surface area contributed by atoms with E-state index in [1.54, 1.807) is 24.1 Å². The van der Waals surface area contributed by atoms with Gasteiger partial charge in [0.2, 0.25) is 0 Å². The minimum atomic E-state index is -0.100. The molecule has 1 rings (SSSR count). The van der Waals surface area contributed by atoms with Crippen molar-refractivity contribution in [1.29, 1.82) is 0 Å². The normalized spacial score (nSPS) is 11.8. The van der Waals surface area contributed by atoms with E-state index < -0.39 is 0 Å². The smallest absolute Gasteiger partial charge is 0.256 e. The highest BCUT2D eigenvalue weighted by Crippen LogP contribution is 2.32. The van der Waals surface area contributed by atoms with Gasteiger partial charge in [0.1, 0.15) is 11.5 Å². The zero-order chi connectivity index (χ0) is 15.3. The molecule has 0 saturated carbocycles. The summed E-state index contributed by atoms with van der Waals surface area (Å²) in [5.74, 6) is 0.907. The number of hydrogen-bond acceptors (Lipinski definition) is 4. The van der Waals surface area contributed by atoms with Crippen LogP contribution >= 0.6 is 0 Å². The lowest BCUT2D eigenvalue weighted by Crippen LogP contribution is -2.38. The second-order valence-electron chi connectivity index (χ2n) is 4.64. The van der Waals surface area contributed by atoms with Crippen molar-refractivity contribution in [2.45, 2.75) is 33.2 Å². The first-order valence-electron chi connectivity index (χ1n) is 6.82. The lowest BCUT2D eigenvalue weighted by molar-refractivity contribution is 0.0700. The number of benzene rings is 1. The average Bonchev–Trinajstić information content (AvgIpc) is 2.47. The van der Waals surface area contributed by atoms with E-state index >= 15 is 0 Å². The zero-order valence-electron chi connectivity index (χ0n) is 12.9. The number of ether oxygens (including phenoxy) is 2. The third-order valence-electron chi connectivity index (χ3n) is 3.53. The molecular weight excluding hydrogens is 256 g/mol. The number of carbonyl (C=O) groups is 1. The summed E-state index contributed by atoms with van der Waals surface area (Å²) in [5.41, 5.74) is 6.79. The maximum atomic E-state index is 12.7. The molecule has 0 fully saturated rings. The molecule has 1 aromatic carbocycles. The standard InChI is InChI=1S/C15H24N2O3/c1-6-10(3)17(7-2)15(18)12-8-11(19-4)9-13(20-5)14(12)16/h8-10H,6-7,16H2,1-5H3. The van der Waals surface area contributed by atoms with Gasteiger partial charge in [-0.2, -0.15) is 0 Å². The third kappa shape index (κ3) is 3.15. The molecule has 5 heteroatoms.